The van der Waals surface area contributed by atoms with Gasteiger partial charge in [0.05, 0.1) is 10.6 Å². The third kappa shape index (κ3) is 3.57. The maximum Gasteiger partial charge on any atom is 0.339 e. The van der Waals surface area contributed by atoms with E-state index in [2.05, 4.69) is 0 Å². The molecule has 2 aromatic carbocycles. The van der Waals surface area contributed by atoms with Gasteiger partial charge in [-0.2, -0.15) is 8.42 Å². The first kappa shape index (κ1) is 18.7. The van der Waals surface area contributed by atoms with Gasteiger partial charge in [0.25, 0.3) is 0 Å². The van der Waals surface area contributed by atoms with Gasteiger partial charge in [0.15, 0.2) is 21.3 Å². The third-order valence-electron chi connectivity index (χ3n) is 4.11. The lowest BCUT2D eigenvalue weighted by molar-refractivity contribution is 0.136. The van der Waals surface area contributed by atoms with Crippen LogP contribution in [0, 0.1) is 0 Å². The van der Waals surface area contributed by atoms with Crippen molar-refractivity contribution < 1.29 is 25.8 Å². The third-order valence-corrected chi connectivity index (χ3v) is 7.11. The Morgan fingerprint density at radius 1 is 1.00 bits per heavy atom. The molecule has 0 bridgehead atoms. The van der Waals surface area contributed by atoms with Crippen molar-refractivity contribution in [3.8, 4) is 11.5 Å². The number of para-hydroxylation sites is 1. The monoisotopic (exact) mass is 396 g/mol. The van der Waals surface area contributed by atoms with E-state index in [9.17, 15) is 16.8 Å². The van der Waals surface area contributed by atoms with Crippen LogP contribution in [-0.2, 0) is 26.4 Å². The molecule has 8 heteroatoms. The first-order valence-electron chi connectivity index (χ1n) is 8.12. The van der Waals surface area contributed by atoms with Crippen LogP contribution in [-0.4, -0.2) is 28.2 Å². The summed E-state index contributed by atoms with van der Waals surface area (Å²) in [7, 11) is -7.51. The maximum absolute atomic E-state index is 12.6. The van der Waals surface area contributed by atoms with Crippen LogP contribution in [0.3, 0.4) is 0 Å². The molecule has 6 nitrogen and oxygen atoms in total. The fourth-order valence-electron chi connectivity index (χ4n) is 2.80. The highest BCUT2D eigenvalue weighted by molar-refractivity contribution is 7.91. The summed E-state index contributed by atoms with van der Waals surface area (Å²) in [5.74, 6) is 0.489. The van der Waals surface area contributed by atoms with Crippen molar-refractivity contribution in [1.82, 2.24) is 0 Å². The predicted molar refractivity (Wildman–Crippen MR) is 96.8 cm³/mol. The highest BCUT2D eigenvalue weighted by Crippen LogP contribution is 2.42. The number of benzene rings is 2. The minimum Gasteiger partial charge on any atom is -0.483 e. The summed E-state index contributed by atoms with van der Waals surface area (Å²) in [6, 6.07) is 10.1. The second kappa shape index (κ2) is 6.28. The molecule has 140 valence electrons. The second-order valence-electron chi connectivity index (χ2n) is 6.70. The van der Waals surface area contributed by atoms with E-state index in [0.717, 1.165) is 5.56 Å². The Morgan fingerprint density at radius 3 is 2.23 bits per heavy atom. The number of ether oxygens (including phenoxy) is 1. The molecule has 0 fully saturated rings. The summed E-state index contributed by atoms with van der Waals surface area (Å²) in [5, 5.41) is 0. The maximum atomic E-state index is 12.6. The molecule has 1 aliphatic rings. The van der Waals surface area contributed by atoms with Gasteiger partial charge < -0.3 is 8.92 Å². The molecular formula is C18H20O6S2. The van der Waals surface area contributed by atoms with Crippen LogP contribution in [0.25, 0.3) is 0 Å². The summed E-state index contributed by atoms with van der Waals surface area (Å²) in [4.78, 5) is -0.0490. The van der Waals surface area contributed by atoms with Crippen LogP contribution in [0.5, 0.6) is 11.5 Å². The molecule has 0 amide bonds. The van der Waals surface area contributed by atoms with E-state index >= 15 is 0 Å². The van der Waals surface area contributed by atoms with E-state index in [1.807, 2.05) is 19.9 Å². The van der Waals surface area contributed by atoms with Gasteiger partial charge in [-0.3, -0.25) is 0 Å². The van der Waals surface area contributed by atoms with Crippen LogP contribution in [0.1, 0.15) is 26.3 Å². The molecular weight excluding hydrogens is 376 g/mol. The summed E-state index contributed by atoms with van der Waals surface area (Å²) in [6.07, 6.45) is 0.656. The summed E-state index contributed by atoms with van der Waals surface area (Å²) >= 11 is 0. The SMILES string of the molecule is CCS(=O)(=O)c1ccc(S(=O)(=O)Oc2cccc3c2OC(C)(C)C3)cc1. The van der Waals surface area contributed by atoms with Crippen LogP contribution in [0.2, 0.25) is 0 Å². The Morgan fingerprint density at radius 2 is 1.62 bits per heavy atom. The summed E-state index contributed by atoms with van der Waals surface area (Å²) in [6.45, 7) is 5.36. The molecule has 3 rings (SSSR count). The van der Waals surface area contributed by atoms with Crippen molar-refractivity contribution in [3.05, 3.63) is 48.0 Å². The van der Waals surface area contributed by atoms with E-state index in [1.165, 1.54) is 37.3 Å². The number of rotatable bonds is 5. The fraction of sp³-hybridized carbons (Fsp3) is 0.333. The van der Waals surface area contributed by atoms with Crippen molar-refractivity contribution in [2.45, 2.75) is 42.6 Å². The standard InChI is InChI=1S/C18H20O6S2/c1-4-25(19,20)14-8-10-15(11-9-14)26(21,22)24-16-7-5-6-13-12-18(2,3)23-17(13)16/h5-11H,4,12H2,1-3H3. The average molecular weight is 396 g/mol. The molecule has 0 spiro atoms. The largest absolute Gasteiger partial charge is 0.483 e. The molecule has 0 saturated heterocycles. The van der Waals surface area contributed by atoms with Crippen LogP contribution in [0.15, 0.2) is 52.3 Å². The van der Waals surface area contributed by atoms with Crippen LogP contribution < -0.4 is 8.92 Å². The Labute approximate surface area is 153 Å². The predicted octanol–water partition coefficient (Wildman–Crippen LogP) is 2.96. The highest BCUT2D eigenvalue weighted by Gasteiger charge is 2.33. The minimum atomic E-state index is -4.12. The average Bonchev–Trinajstić information content (AvgIpc) is 2.90. The minimum absolute atomic E-state index is 0.0567. The normalized spacial score (nSPS) is 16.0. The lowest BCUT2D eigenvalue weighted by atomic mass is 10.0. The Balaban J connectivity index is 1.91. The van der Waals surface area contributed by atoms with Gasteiger partial charge in [0.1, 0.15) is 10.5 Å². The van der Waals surface area contributed by atoms with Gasteiger partial charge in [-0.1, -0.05) is 19.1 Å². The van der Waals surface area contributed by atoms with Crippen molar-refractivity contribution in [2.24, 2.45) is 0 Å². The smallest absolute Gasteiger partial charge is 0.339 e. The Kier molecular flexibility index (Phi) is 4.52. The Bertz CT molecular complexity index is 1040. The van der Waals surface area contributed by atoms with Crippen molar-refractivity contribution in [2.75, 3.05) is 5.75 Å². The van der Waals surface area contributed by atoms with Gasteiger partial charge >= 0.3 is 10.1 Å². The summed E-state index contributed by atoms with van der Waals surface area (Å²) < 4.78 is 59.9. The molecule has 0 aromatic heterocycles. The number of sulfone groups is 1. The zero-order chi connectivity index (χ0) is 19.2. The number of hydrogen-bond acceptors (Lipinski definition) is 6. The lowest BCUT2D eigenvalue weighted by Crippen LogP contribution is -2.24. The van der Waals surface area contributed by atoms with Crippen LogP contribution in [0.4, 0.5) is 0 Å². The van der Waals surface area contributed by atoms with E-state index in [1.54, 1.807) is 6.07 Å². The van der Waals surface area contributed by atoms with Gasteiger partial charge in [-0.25, -0.2) is 8.42 Å². The van der Waals surface area contributed by atoms with Crippen molar-refractivity contribution in [3.63, 3.8) is 0 Å². The molecule has 0 aliphatic carbocycles. The molecule has 0 N–H and O–H groups in total. The van der Waals surface area contributed by atoms with E-state index < -0.39 is 25.6 Å². The topological polar surface area (TPSA) is 86.7 Å². The highest BCUT2D eigenvalue weighted by atomic mass is 32.2. The van der Waals surface area contributed by atoms with Gasteiger partial charge in [-0.05, 0) is 44.2 Å². The second-order valence-corrected chi connectivity index (χ2v) is 10.5. The molecule has 1 aliphatic heterocycles. The first-order chi connectivity index (χ1) is 12.0. The van der Waals surface area contributed by atoms with Crippen LogP contribution >= 0.6 is 0 Å². The van der Waals surface area contributed by atoms with E-state index in [-0.39, 0.29) is 21.3 Å². The van der Waals surface area contributed by atoms with Gasteiger partial charge in [0, 0.05) is 12.0 Å². The summed E-state index contributed by atoms with van der Waals surface area (Å²) in [5.41, 5.74) is 0.453. The zero-order valence-corrected chi connectivity index (χ0v) is 16.4. The van der Waals surface area contributed by atoms with Gasteiger partial charge in [-0.15, -0.1) is 0 Å². The Hall–Kier alpha value is -2.06. The molecule has 1 heterocycles. The van der Waals surface area contributed by atoms with E-state index in [4.69, 9.17) is 8.92 Å². The quantitative estimate of drug-likeness (QED) is 0.722. The lowest BCUT2D eigenvalue weighted by Gasteiger charge is -2.18. The van der Waals surface area contributed by atoms with Crippen molar-refractivity contribution in [1.29, 1.82) is 0 Å². The molecule has 0 radical (unpaired) electrons. The molecule has 2 aromatic rings. The molecule has 26 heavy (non-hydrogen) atoms. The molecule has 0 saturated carbocycles. The van der Waals surface area contributed by atoms with E-state index in [0.29, 0.717) is 12.2 Å². The number of fused-ring (bicyclic) bond motifs is 1. The molecule has 0 atom stereocenters. The number of hydrogen-bond donors (Lipinski definition) is 0. The first-order valence-corrected chi connectivity index (χ1v) is 11.2. The zero-order valence-electron chi connectivity index (χ0n) is 14.7. The fourth-order valence-corrected chi connectivity index (χ4v) is 4.62. The van der Waals surface area contributed by atoms with Crippen molar-refractivity contribution >= 4 is 20.0 Å². The van der Waals surface area contributed by atoms with Gasteiger partial charge in [0.2, 0.25) is 0 Å². The molecule has 0 unspecified atom stereocenters.